The fourth-order valence-corrected chi connectivity index (χ4v) is 2.49. The first-order valence-electron chi connectivity index (χ1n) is 7.78. The molecular formula is C17H20N4O4. The lowest BCUT2D eigenvalue weighted by Gasteiger charge is -2.19. The minimum Gasteiger partial charge on any atom is -0.481 e. The van der Waals surface area contributed by atoms with Crippen LogP contribution in [0.5, 0.6) is 0 Å². The van der Waals surface area contributed by atoms with Crippen LogP contribution in [0.1, 0.15) is 17.7 Å². The molecule has 5 N–H and O–H groups in total. The molecule has 0 aliphatic carbocycles. The molecule has 2 amide bonds. The van der Waals surface area contributed by atoms with Gasteiger partial charge in [0.2, 0.25) is 11.8 Å². The van der Waals surface area contributed by atoms with E-state index in [4.69, 9.17) is 10.8 Å². The Morgan fingerprint density at radius 1 is 1.20 bits per heavy atom. The number of nitrogens with zero attached hydrogens (tertiary/aromatic N) is 1. The van der Waals surface area contributed by atoms with Crippen molar-refractivity contribution in [2.75, 3.05) is 0 Å². The molecule has 0 fully saturated rings. The van der Waals surface area contributed by atoms with E-state index >= 15 is 0 Å². The molecule has 25 heavy (non-hydrogen) atoms. The Labute approximate surface area is 144 Å². The highest BCUT2D eigenvalue weighted by Gasteiger charge is 2.27. The monoisotopic (exact) mass is 344 g/mol. The summed E-state index contributed by atoms with van der Waals surface area (Å²) in [6, 6.07) is 8.14. The summed E-state index contributed by atoms with van der Waals surface area (Å²) >= 11 is 0. The van der Waals surface area contributed by atoms with E-state index in [0.717, 1.165) is 5.56 Å². The van der Waals surface area contributed by atoms with Gasteiger partial charge in [0.1, 0.15) is 6.04 Å². The van der Waals surface area contributed by atoms with E-state index in [1.807, 2.05) is 30.3 Å². The molecular weight excluding hydrogens is 324 g/mol. The molecule has 1 heterocycles. The van der Waals surface area contributed by atoms with E-state index in [-0.39, 0.29) is 19.3 Å². The van der Waals surface area contributed by atoms with Crippen molar-refractivity contribution >= 4 is 17.8 Å². The van der Waals surface area contributed by atoms with E-state index in [0.29, 0.717) is 5.69 Å². The molecule has 0 aliphatic heterocycles. The molecule has 132 valence electrons. The third kappa shape index (κ3) is 5.76. The maximum atomic E-state index is 12.5. The average Bonchev–Trinajstić information content (AvgIpc) is 3.07. The van der Waals surface area contributed by atoms with E-state index in [2.05, 4.69) is 15.3 Å². The minimum absolute atomic E-state index is 0.135. The minimum atomic E-state index is -1.08. The lowest BCUT2D eigenvalue weighted by molar-refractivity contribution is -0.141. The second-order valence-corrected chi connectivity index (χ2v) is 5.71. The molecule has 2 rings (SSSR count). The molecule has 0 aliphatic rings. The molecule has 8 heteroatoms. The Morgan fingerprint density at radius 3 is 2.48 bits per heavy atom. The van der Waals surface area contributed by atoms with Gasteiger partial charge in [-0.05, 0) is 12.0 Å². The Bertz CT molecular complexity index is 716. The number of aromatic amines is 1. The van der Waals surface area contributed by atoms with E-state index in [1.54, 1.807) is 6.20 Å². The number of carboxylic acids is 1. The number of primary amides is 1. The molecule has 0 saturated carbocycles. The molecule has 2 atom stereocenters. The van der Waals surface area contributed by atoms with Crippen LogP contribution in [-0.2, 0) is 27.2 Å². The van der Waals surface area contributed by atoms with Crippen molar-refractivity contribution in [3.8, 4) is 0 Å². The summed E-state index contributed by atoms with van der Waals surface area (Å²) in [5, 5.41) is 11.6. The SMILES string of the molecule is NC(=O)C(Cc1c[nH]cn1)NC(=O)C(CC(=O)O)Cc1ccccc1. The number of aromatic nitrogens is 2. The third-order valence-electron chi connectivity index (χ3n) is 3.74. The van der Waals surface area contributed by atoms with Gasteiger partial charge in [0.05, 0.1) is 24.4 Å². The summed E-state index contributed by atoms with van der Waals surface area (Å²) in [5.74, 6) is -3.12. The number of imidazole rings is 1. The van der Waals surface area contributed by atoms with Gasteiger partial charge in [-0.1, -0.05) is 30.3 Å². The van der Waals surface area contributed by atoms with Crippen molar-refractivity contribution in [3.05, 3.63) is 54.1 Å². The number of aliphatic carboxylic acids is 1. The maximum Gasteiger partial charge on any atom is 0.304 e. The zero-order valence-electron chi connectivity index (χ0n) is 13.5. The third-order valence-corrected chi connectivity index (χ3v) is 3.74. The Hall–Kier alpha value is -3.16. The van der Waals surface area contributed by atoms with Crippen LogP contribution in [0.2, 0.25) is 0 Å². The molecule has 2 unspecified atom stereocenters. The number of benzene rings is 1. The first-order valence-corrected chi connectivity index (χ1v) is 7.78. The van der Waals surface area contributed by atoms with Crippen LogP contribution < -0.4 is 11.1 Å². The fourth-order valence-electron chi connectivity index (χ4n) is 2.49. The number of H-pyrrole nitrogens is 1. The molecule has 0 bridgehead atoms. The highest BCUT2D eigenvalue weighted by molar-refractivity contribution is 5.89. The number of hydrogen-bond acceptors (Lipinski definition) is 4. The van der Waals surface area contributed by atoms with Gasteiger partial charge in [0.25, 0.3) is 0 Å². The summed E-state index contributed by atoms with van der Waals surface area (Å²) in [6.07, 6.45) is 3.11. The number of amides is 2. The molecule has 0 saturated heterocycles. The van der Waals surface area contributed by atoms with Crippen LogP contribution in [0, 0.1) is 5.92 Å². The van der Waals surface area contributed by atoms with Crippen LogP contribution >= 0.6 is 0 Å². The van der Waals surface area contributed by atoms with E-state index in [1.165, 1.54) is 6.33 Å². The number of carbonyl (C=O) groups excluding carboxylic acids is 2. The molecule has 2 aromatic rings. The number of hydrogen-bond donors (Lipinski definition) is 4. The Morgan fingerprint density at radius 2 is 1.92 bits per heavy atom. The Kier molecular flexibility index (Phi) is 6.27. The van der Waals surface area contributed by atoms with Crippen molar-refractivity contribution in [1.29, 1.82) is 0 Å². The second-order valence-electron chi connectivity index (χ2n) is 5.71. The van der Waals surface area contributed by atoms with Crippen molar-refractivity contribution < 1.29 is 19.5 Å². The van der Waals surface area contributed by atoms with Gasteiger partial charge in [-0.2, -0.15) is 0 Å². The summed E-state index contributed by atoms with van der Waals surface area (Å²) in [6.45, 7) is 0. The van der Waals surface area contributed by atoms with Crippen LogP contribution in [0.25, 0.3) is 0 Å². The predicted octanol–water partition coefficient (Wildman–Crippen LogP) is 0.256. The number of carboxylic acid groups (broad SMARTS) is 1. The standard InChI is InChI=1S/C17H20N4O4/c18-16(24)14(8-13-9-19-10-20-13)21-17(25)12(7-15(22)23)6-11-4-2-1-3-5-11/h1-5,9-10,12,14H,6-8H2,(H2,18,24)(H,19,20)(H,21,25)(H,22,23). The quantitative estimate of drug-likeness (QED) is 0.517. The zero-order valence-corrected chi connectivity index (χ0v) is 13.5. The average molecular weight is 344 g/mol. The van der Waals surface area contributed by atoms with Gasteiger partial charge in [0, 0.05) is 12.6 Å². The van der Waals surface area contributed by atoms with Gasteiger partial charge < -0.3 is 21.1 Å². The van der Waals surface area contributed by atoms with Gasteiger partial charge in [0.15, 0.2) is 0 Å². The Balaban J connectivity index is 2.08. The van der Waals surface area contributed by atoms with Crippen molar-refractivity contribution in [1.82, 2.24) is 15.3 Å². The summed E-state index contributed by atoms with van der Waals surface area (Å²) < 4.78 is 0. The fraction of sp³-hybridized carbons (Fsp3) is 0.294. The smallest absolute Gasteiger partial charge is 0.304 e. The molecule has 0 radical (unpaired) electrons. The van der Waals surface area contributed by atoms with E-state index in [9.17, 15) is 14.4 Å². The van der Waals surface area contributed by atoms with Crippen LogP contribution in [0.4, 0.5) is 0 Å². The zero-order chi connectivity index (χ0) is 18.2. The topological polar surface area (TPSA) is 138 Å². The number of rotatable bonds is 9. The summed E-state index contributed by atoms with van der Waals surface area (Å²) in [5.41, 5.74) is 6.76. The highest BCUT2D eigenvalue weighted by Crippen LogP contribution is 2.14. The van der Waals surface area contributed by atoms with Gasteiger partial charge in [-0.3, -0.25) is 14.4 Å². The molecule has 1 aromatic carbocycles. The predicted molar refractivity (Wildman–Crippen MR) is 89.3 cm³/mol. The lowest BCUT2D eigenvalue weighted by atomic mass is 9.94. The van der Waals surface area contributed by atoms with Gasteiger partial charge in [-0.25, -0.2) is 4.98 Å². The van der Waals surface area contributed by atoms with Crippen molar-refractivity contribution in [2.24, 2.45) is 11.7 Å². The summed E-state index contributed by atoms with van der Waals surface area (Å²) in [7, 11) is 0. The summed E-state index contributed by atoms with van der Waals surface area (Å²) in [4.78, 5) is 42.0. The first kappa shape index (κ1) is 18.2. The van der Waals surface area contributed by atoms with Crippen molar-refractivity contribution in [3.63, 3.8) is 0 Å². The number of carbonyl (C=O) groups is 3. The van der Waals surface area contributed by atoms with Crippen molar-refractivity contribution in [2.45, 2.75) is 25.3 Å². The molecule has 1 aromatic heterocycles. The first-order chi connectivity index (χ1) is 12.0. The molecule has 0 spiro atoms. The van der Waals surface area contributed by atoms with Gasteiger partial charge in [-0.15, -0.1) is 0 Å². The largest absolute Gasteiger partial charge is 0.481 e. The lowest BCUT2D eigenvalue weighted by Crippen LogP contribution is -2.48. The normalized spacial score (nSPS) is 13.0. The maximum absolute atomic E-state index is 12.5. The van der Waals surface area contributed by atoms with E-state index < -0.39 is 29.7 Å². The number of nitrogens with two attached hydrogens (primary N) is 1. The number of nitrogens with one attached hydrogen (secondary N) is 2. The second kappa shape index (κ2) is 8.62. The molecule has 8 nitrogen and oxygen atoms in total. The van der Waals surface area contributed by atoms with Crippen LogP contribution in [0.3, 0.4) is 0 Å². The van der Waals surface area contributed by atoms with Crippen LogP contribution in [0.15, 0.2) is 42.9 Å². The van der Waals surface area contributed by atoms with Crippen LogP contribution in [-0.4, -0.2) is 38.9 Å². The highest BCUT2D eigenvalue weighted by atomic mass is 16.4. The van der Waals surface area contributed by atoms with Gasteiger partial charge >= 0.3 is 5.97 Å².